The van der Waals surface area contributed by atoms with Gasteiger partial charge >= 0.3 is 0 Å². The molecule has 156 valence electrons. The Bertz CT molecular complexity index is 647. The highest BCUT2D eigenvalue weighted by Gasteiger charge is 2.43. The van der Waals surface area contributed by atoms with Crippen molar-refractivity contribution in [3.05, 3.63) is 29.8 Å². The van der Waals surface area contributed by atoms with E-state index in [0.29, 0.717) is 29.6 Å². The van der Waals surface area contributed by atoms with Crippen LogP contribution in [0.2, 0.25) is 0 Å². The van der Waals surface area contributed by atoms with E-state index >= 15 is 0 Å². The minimum Gasteiger partial charge on any atom is -0.465 e. The largest absolute Gasteiger partial charge is 0.465 e. The number of rotatable bonds is 6. The summed E-state index contributed by atoms with van der Waals surface area (Å²) in [5.41, 5.74) is 6.07. The topological polar surface area (TPSA) is 81.8 Å². The summed E-state index contributed by atoms with van der Waals surface area (Å²) in [6.45, 7) is 7.42. The van der Waals surface area contributed by atoms with Crippen molar-refractivity contribution in [3.8, 4) is 5.75 Å². The molecule has 1 aliphatic heterocycles. The molecule has 0 bridgehead atoms. The molecule has 1 aromatic rings. The van der Waals surface area contributed by atoms with E-state index in [2.05, 4.69) is 20.8 Å². The van der Waals surface area contributed by atoms with E-state index in [1.807, 2.05) is 12.1 Å². The lowest BCUT2D eigenvalue weighted by atomic mass is 9.62. The van der Waals surface area contributed by atoms with Gasteiger partial charge in [-0.15, -0.1) is 0 Å². The van der Waals surface area contributed by atoms with Crippen LogP contribution in [0.3, 0.4) is 0 Å². The summed E-state index contributed by atoms with van der Waals surface area (Å²) in [6.07, 6.45) is 4.34. The summed E-state index contributed by atoms with van der Waals surface area (Å²) in [5, 5.41) is 10.8. The van der Waals surface area contributed by atoms with Gasteiger partial charge in [0.15, 0.2) is 6.29 Å². The second kappa shape index (κ2) is 9.27. The number of amides is 1. The van der Waals surface area contributed by atoms with E-state index in [1.165, 1.54) is 12.8 Å². The van der Waals surface area contributed by atoms with Crippen molar-refractivity contribution in [2.45, 2.75) is 65.3 Å². The van der Waals surface area contributed by atoms with Crippen molar-refractivity contribution in [1.29, 1.82) is 0 Å². The molecule has 1 heterocycles. The number of nitrogens with two attached hydrogens (primary N) is 1. The fourth-order valence-corrected chi connectivity index (χ4v) is 5.15. The van der Waals surface area contributed by atoms with Crippen LogP contribution < -0.4 is 10.5 Å². The van der Waals surface area contributed by atoms with Crippen LogP contribution in [0, 0.1) is 29.6 Å². The molecular formula is C23H35NO4. The zero-order valence-electron chi connectivity index (χ0n) is 17.3. The Morgan fingerprint density at radius 3 is 2.57 bits per heavy atom. The quantitative estimate of drug-likeness (QED) is 0.729. The first kappa shape index (κ1) is 21.1. The molecule has 1 amide bonds. The number of carbonyl (C=O) groups is 1. The predicted molar refractivity (Wildman–Crippen MR) is 109 cm³/mol. The number of hydrogen-bond acceptors (Lipinski definition) is 4. The summed E-state index contributed by atoms with van der Waals surface area (Å²) >= 11 is 0. The second-order valence-electron chi connectivity index (χ2n) is 8.92. The van der Waals surface area contributed by atoms with Gasteiger partial charge in [0.05, 0.1) is 19.1 Å². The Balaban J connectivity index is 1.64. The third-order valence-electron chi connectivity index (χ3n) is 6.95. The van der Waals surface area contributed by atoms with Crippen LogP contribution in [0.5, 0.6) is 5.75 Å². The number of primary amides is 1. The summed E-state index contributed by atoms with van der Waals surface area (Å²) in [7, 11) is 0. The Morgan fingerprint density at radius 2 is 1.89 bits per heavy atom. The van der Waals surface area contributed by atoms with E-state index < -0.39 is 6.29 Å². The molecule has 3 N–H and O–H groups in total. The molecule has 28 heavy (non-hydrogen) atoms. The number of ether oxygens (including phenoxy) is 2. The van der Waals surface area contributed by atoms with Crippen molar-refractivity contribution >= 4 is 5.91 Å². The lowest BCUT2D eigenvalue weighted by molar-refractivity contribution is -0.117. The molecule has 3 rings (SSSR count). The molecule has 0 spiro atoms. The molecular weight excluding hydrogens is 354 g/mol. The Morgan fingerprint density at radius 1 is 1.18 bits per heavy atom. The highest BCUT2D eigenvalue weighted by atomic mass is 16.6. The molecule has 1 saturated carbocycles. The van der Waals surface area contributed by atoms with E-state index in [0.717, 1.165) is 30.9 Å². The van der Waals surface area contributed by atoms with Crippen molar-refractivity contribution in [1.82, 2.24) is 0 Å². The number of fused-ring (bicyclic) bond motifs is 1. The van der Waals surface area contributed by atoms with Crippen molar-refractivity contribution in [3.63, 3.8) is 0 Å². The summed E-state index contributed by atoms with van der Waals surface area (Å²) in [5.74, 6) is 2.56. The van der Waals surface area contributed by atoms with E-state index in [-0.39, 0.29) is 18.2 Å². The fourth-order valence-electron chi connectivity index (χ4n) is 5.15. The summed E-state index contributed by atoms with van der Waals surface area (Å²) in [6, 6.07) is 7.21. The smallest absolute Gasteiger partial charge is 0.221 e. The number of aliphatic hydroxyl groups is 1. The van der Waals surface area contributed by atoms with E-state index in [9.17, 15) is 9.90 Å². The monoisotopic (exact) mass is 389 g/mol. The van der Waals surface area contributed by atoms with Crippen LogP contribution in [0.1, 0.15) is 52.0 Å². The molecule has 2 aliphatic rings. The lowest BCUT2D eigenvalue weighted by Gasteiger charge is -2.44. The van der Waals surface area contributed by atoms with Gasteiger partial charge in [0, 0.05) is 5.92 Å². The summed E-state index contributed by atoms with van der Waals surface area (Å²) in [4.78, 5) is 11.0. The molecule has 1 aliphatic carbocycles. The minimum atomic E-state index is -0.860. The first-order valence-corrected chi connectivity index (χ1v) is 10.7. The van der Waals surface area contributed by atoms with Crippen molar-refractivity contribution < 1.29 is 19.4 Å². The highest BCUT2D eigenvalue weighted by Crippen LogP contribution is 2.46. The van der Waals surface area contributed by atoms with Gasteiger partial charge in [-0.25, -0.2) is 0 Å². The first-order valence-electron chi connectivity index (χ1n) is 10.7. The average molecular weight is 390 g/mol. The van der Waals surface area contributed by atoms with Crippen molar-refractivity contribution in [2.24, 2.45) is 35.3 Å². The number of benzene rings is 1. The van der Waals surface area contributed by atoms with Gasteiger partial charge in [-0.1, -0.05) is 32.4 Å². The van der Waals surface area contributed by atoms with Gasteiger partial charge in [0.2, 0.25) is 5.91 Å². The SMILES string of the molecule is CC1CC[C@@H]2C(CO1)[C@H]([C@@H](C)[C@H](O)Oc1ccc(CC(N)=O)cc1)CC[C@H]2C. The molecule has 5 nitrogen and oxygen atoms in total. The van der Waals surface area contributed by atoms with E-state index in [1.54, 1.807) is 12.1 Å². The third kappa shape index (κ3) is 5.06. The summed E-state index contributed by atoms with van der Waals surface area (Å²) < 4.78 is 11.9. The van der Waals surface area contributed by atoms with Crippen LogP contribution in [-0.2, 0) is 16.0 Å². The standard InChI is InChI=1S/C23H35NO4/c1-14-4-10-20(21-13-27-15(2)5-11-19(14)21)16(3)23(26)28-18-8-6-17(7-9-18)12-22(24)25/h6-9,14-16,19-21,23,26H,4-5,10-13H2,1-3H3,(H2,24,25)/t14-,15?,16-,19+,20+,21?,23-/m1/s1. The molecule has 7 atom stereocenters. The third-order valence-corrected chi connectivity index (χ3v) is 6.95. The normalized spacial score (nSPS) is 32.6. The number of carbonyl (C=O) groups excluding carboxylic acids is 1. The maximum atomic E-state index is 11.0. The lowest BCUT2D eigenvalue weighted by Crippen LogP contribution is -2.42. The Kier molecular flexibility index (Phi) is 7.00. The molecule has 0 aromatic heterocycles. The zero-order chi connectivity index (χ0) is 20.3. The molecule has 2 unspecified atom stereocenters. The second-order valence-corrected chi connectivity index (χ2v) is 8.92. The molecule has 5 heteroatoms. The van der Waals surface area contributed by atoms with Crippen molar-refractivity contribution in [2.75, 3.05) is 6.61 Å². The Hall–Kier alpha value is -1.59. The molecule has 0 radical (unpaired) electrons. The molecule has 1 saturated heterocycles. The Labute approximate surface area is 168 Å². The minimum absolute atomic E-state index is 0.0299. The fraction of sp³-hybridized carbons (Fsp3) is 0.696. The van der Waals surface area contributed by atoms with Gasteiger partial charge in [0.1, 0.15) is 5.75 Å². The van der Waals surface area contributed by atoms with Gasteiger partial charge in [0.25, 0.3) is 0 Å². The highest BCUT2D eigenvalue weighted by molar-refractivity contribution is 5.76. The van der Waals surface area contributed by atoms with Crippen LogP contribution in [0.4, 0.5) is 0 Å². The van der Waals surface area contributed by atoms with Gasteiger partial charge in [-0.3, -0.25) is 4.79 Å². The molecule has 1 aromatic carbocycles. The van der Waals surface area contributed by atoms with Gasteiger partial charge < -0.3 is 20.3 Å². The number of aliphatic hydroxyl groups excluding tert-OH is 1. The predicted octanol–water partition coefficient (Wildman–Crippen LogP) is 3.53. The first-order chi connectivity index (χ1) is 13.3. The maximum Gasteiger partial charge on any atom is 0.221 e. The average Bonchev–Trinajstić information content (AvgIpc) is 2.85. The zero-order valence-corrected chi connectivity index (χ0v) is 17.3. The van der Waals surface area contributed by atoms with Gasteiger partial charge in [-0.2, -0.15) is 0 Å². The van der Waals surface area contributed by atoms with Crippen LogP contribution in [0.25, 0.3) is 0 Å². The van der Waals surface area contributed by atoms with E-state index in [4.69, 9.17) is 15.2 Å². The number of hydrogen-bond donors (Lipinski definition) is 2. The van der Waals surface area contributed by atoms with Gasteiger partial charge in [-0.05, 0) is 67.6 Å². The molecule has 2 fully saturated rings. The van der Waals surface area contributed by atoms with Crippen LogP contribution in [0.15, 0.2) is 24.3 Å². The maximum absolute atomic E-state index is 11.0. The van der Waals surface area contributed by atoms with Crippen LogP contribution in [-0.4, -0.2) is 30.0 Å². The van der Waals surface area contributed by atoms with Crippen LogP contribution >= 0.6 is 0 Å².